The van der Waals surface area contributed by atoms with E-state index in [1.54, 1.807) is 6.07 Å². The number of carbonyl (C=O) groups is 2. The Bertz CT molecular complexity index is 797. The molecule has 0 aliphatic carbocycles. The zero-order chi connectivity index (χ0) is 18.8. The highest BCUT2D eigenvalue weighted by Crippen LogP contribution is 2.22. The Labute approximate surface area is 148 Å². The minimum Gasteiger partial charge on any atom is -0.347 e. The first-order valence-electron chi connectivity index (χ1n) is 8.23. The van der Waals surface area contributed by atoms with E-state index in [4.69, 9.17) is 0 Å². The van der Waals surface area contributed by atoms with Gasteiger partial charge in [-0.2, -0.15) is 0 Å². The van der Waals surface area contributed by atoms with Crippen molar-refractivity contribution in [2.45, 2.75) is 47.1 Å². The Balaban J connectivity index is 2.24. The van der Waals surface area contributed by atoms with Crippen molar-refractivity contribution < 1.29 is 9.59 Å². The molecule has 2 rings (SSSR count). The monoisotopic (exact) mass is 339 g/mol. The summed E-state index contributed by atoms with van der Waals surface area (Å²) in [5.41, 5.74) is 4.29. The third-order valence-electron chi connectivity index (χ3n) is 3.67. The van der Waals surface area contributed by atoms with E-state index in [9.17, 15) is 9.59 Å². The molecular formula is C20H25N3O2. The lowest BCUT2D eigenvalue weighted by atomic mass is 10.0. The summed E-state index contributed by atoms with van der Waals surface area (Å²) in [6, 6.07) is 5.60. The van der Waals surface area contributed by atoms with E-state index in [0.717, 1.165) is 22.4 Å². The number of carbonyl (C=O) groups excluding carboxylic acids is 2. The van der Waals surface area contributed by atoms with Gasteiger partial charge in [-0.15, -0.1) is 0 Å². The summed E-state index contributed by atoms with van der Waals surface area (Å²) in [6.07, 6.45) is 2.92. The number of rotatable bonds is 3. The maximum Gasteiger partial charge on any atom is 0.257 e. The fourth-order valence-corrected chi connectivity index (χ4v) is 2.66. The standard InChI is InChI=1S/C20H25N3O2/c1-12-7-13(2)17(14(3)8-12)22-18(24)15-9-16(11-21-10-15)19(25)23-20(4,5)6/h7-11H,1-6H3,(H,22,24)(H,23,25). The molecule has 25 heavy (non-hydrogen) atoms. The molecular weight excluding hydrogens is 314 g/mol. The fraction of sp³-hybridized carbons (Fsp3) is 0.350. The molecule has 5 heteroatoms. The number of anilines is 1. The van der Waals surface area contributed by atoms with Crippen molar-refractivity contribution in [3.05, 3.63) is 58.4 Å². The maximum absolute atomic E-state index is 12.6. The Kier molecular flexibility index (Phi) is 5.26. The fourth-order valence-electron chi connectivity index (χ4n) is 2.66. The number of amides is 2. The summed E-state index contributed by atoms with van der Waals surface area (Å²) in [7, 11) is 0. The SMILES string of the molecule is Cc1cc(C)c(NC(=O)c2cncc(C(=O)NC(C)(C)C)c2)c(C)c1. The summed E-state index contributed by atoms with van der Waals surface area (Å²) < 4.78 is 0. The smallest absolute Gasteiger partial charge is 0.257 e. The van der Waals surface area contributed by atoms with Crippen LogP contribution in [-0.4, -0.2) is 22.3 Å². The highest BCUT2D eigenvalue weighted by molar-refractivity contribution is 6.06. The number of aryl methyl sites for hydroxylation is 3. The maximum atomic E-state index is 12.6. The van der Waals surface area contributed by atoms with Crippen LogP contribution in [0.2, 0.25) is 0 Å². The van der Waals surface area contributed by atoms with Gasteiger partial charge in [0, 0.05) is 23.6 Å². The van der Waals surface area contributed by atoms with Crippen LogP contribution in [0.1, 0.15) is 58.2 Å². The lowest BCUT2D eigenvalue weighted by molar-refractivity contribution is 0.0919. The largest absolute Gasteiger partial charge is 0.347 e. The predicted molar refractivity (Wildman–Crippen MR) is 100 cm³/mol. The van der Waals surface area contributed by atoms with Crippen molar-refractivity contribution in [3.63, 3.8) is 0 Å². The van der Waals surface area contributed by atoms with Crippen LogP contribution in [0.3, 0.4) is 0 Å². The highest BCUT2D eigenvalue weighted by Gasteiger charge is 2.17. The van der Waals surface area contributed by atoms with E-state index in [0.29, 0.717) is 11.1 Å². The highest BCUT2D eigenvalue weighted by atomic mass is 16.2. The number of pyridine rings is 1. The summed E-state index contributed by atoms with van der Waals surface area (Å²) >= 11 is 0. The van der Waals surface area contributed by atoms with Gasteiger partial charge in [0.1, 0.15) is 0 Å². The molecule has 132 valence electrons. The first-order valence-corrected chi connectivity index (χ1v) is 8.23. The molecule has 0 aliphatic rings. The second-order valence-corrected chi connectivity index (χ2v) is 7.39. The van der Waals surface area contributed by atoms with Crippen LogP contribution >= 0.6 is 0 Å². The van der Waals surface area contributed by atoms with E-state index in [-0.39, 0.29) is 17.4 Å². The molecule has 2 N–H and O–H groups in total. The van der Waals surface area contributed by atoms with Crippen LogP contribution in [0, 0.1) is 20.8 Å². The molecule has 0 saturated heterocycles. The zero-order valence-corrected chi connectivity index (χ0v) is 15.7. The molecule has 0 atom stereocenters. The van der Waals surface area contributed by atoms with Gasteiger partial charge in [0.15, 0.2) is 0 Å². The summed E-state index contributed by atoms with van der Waals surface area (Å²) in [5.74, 6) is -0.537. The molecule has 2 aromatic rings. The van der Waals surface area contributed by atoms with E-state index in [2.05, 4.69) is 15.6 Å². The number of hydrogen-bond donors (Lipinski definition) is 2. The topological polar surface area (TPSA) is 71.1 Å². The number of nitrogens with zero attached hydrogens (tertiary/aromatic N) is 1. The number of aromatic nitrogens is 1. The molecule has 0 unspecified atom stereocenters. The zero-order valence-electron chi connectivity index (χ0n) is 15.7. The van der Waals surface area contributed by atoms with Gasteiger partial charge in [-0.3, -0.25) is 14.6 Å². The Morgan fingerprint density at radius 3 is 1.92 bits per heavy atom. The van der Waals surface area contributed by atoms with Crippen molar-refractivity contribution in [1.82, 2.24) is 10.3 Å². The minimum absolute atomic E-state index is 0.252. The van der Waals surface area contributed by atoms with Gasteiger partial charge in [-0.1, -0.05) is 17.7 Å². The Morgan fingerprint density at radius 1 is 0.880 bits per heavy atom. The van der Waals surface area contributed by atoms with Crippen LogP contribution in [0.15, 0.2) is 30.6 Å². The van der Waals surface area contributed by atoms with Crippen molar-refractivity contribution in [2.75, 3.05) is 5.32 Å². The van der Waals surface area contributed by atoms with E-state index < -0.39 is 0 Å². The molecule has 2 amide bonds. The first-order chi connectivity index (χ1) is 11.6. The Morgan fingerprint density at radius 2 is 1.40 bits per heavy atom. The molecule has 5 nitrogen and oxygen atoms in total. The Hall–Kier alpha value is -2.69. The van der Waals surface area contributed by atoms with Crippen LogP contribution in [0.4, 0.5) is 5.69 Å². The van der Waals surface area contributed by atoms with Gasteiger partial charge >= 0.3 is 0 Å². The normalized spacial score (nSPS) is 11.1. The van der Waals surface area contributed by atoms with Gasteiger partial charge in [0.05, 0.1) is 11.1 Å². The molecule has 1 aromatic heterocycles. The lowest BCUT2D eigenvalue weighted by Gasteiger charge is -2.20. The van der Waals surface area contributed by atoms with Crippen molar-refractivity contribution in [2.24, 2.45) is 0 Å². The average molecular weight is 339 g/mol. The van der Waals surface area contributed by atoms with Crippen LogP contribution in [0.25, 0.3) is 0 Å². The second-order valence-electron chi connectivity index (χ2n) is 7.39. The van der Waals surface area contributed by atoms with Crippen molar-refractivity contribution in [1.29, 1.82) is 0 Å². The molecule has 1 heterocycles. The minimum atomic E-state index is -0.356. The average Bonchev–Trinajstić information content (AvgIpc) is 2.49. The number of hydrogen-bond acceptors (Lipinski definition) is 3. The molecule has 1 aromatic carbocycles. The van der Waals surface area contributed by atoms with Gasteiger partial charge in [0.25, 0.3) is 11.8 Å². The number of nitrogens with one attached hydrogen (secondary N) is 2. The quantitative estimate of drug-likeness (QED) is 0.894. The van der Waals surface area contributed by atoms with Gasteiger partial charge in [-0.25, -0.2) is 0 Å². The third-order valence-corrected chi connectivity index (χ3v) is 3.67. The van der Waals surface area contributed by atoms with E-state index in [1.807, 2.05) is 53.7 Å². The molecule has 0 spiro atoms. The van der Waals surface area contributed by atoms with Crippen LogP contribution < -0.4 is 10.6 Å². The van der Waals surface area contributed by atoms with Crippen LogP contribution in [0.5, 0.6) is 0 Å². The van der Waals surface area contributed by atoms with Gasteiger partial charge in [0.2, 0.25) is 0 Å². The summed E-state index contributed by atoms with van der Waals surface area (Å²) in [5, 5.41) is 5.79. The molecule has 0 aliphatic heterocycles. The van der Waals surface area contributed by atoms with Crippen LogP contribution in [-0.2, 0) is 0 Å². The van der Waals surface area contributed by atoms with Crippen molar-refractivity contribution >= 4 is 17.5 Å². The third kappa shape index (κ3) is 4.89. The molecule has 0 bridgehead atoms. The lowest BCUT2D eigenvalue weighted by Crippen LogP contribution is -2.40. The predicted octanol–water partition coefficient (Wildman–Crippen LogP) is 3.79. The van der Waals surface area contributed by atoms with Gasteiger partial charge < -0.3 is 10.6 Å². The second kappa shape index (κ2) is 7.05. The number of benzene rings is 1. The van der Waals surface area contributed by atoms with E-state index in [1.165, 1.54) is 12.4 Å². The molecule has 0 fully saturated rings. The molecule has 0 radical (unpaired) electrons. The van der Waals surface area contributed by atoms with Crippen molar-refractivity contribution in [3.8, 4) is 0 Å². The molecule has 0 saturated carbocycles. The van der Waals surface area contributed by atoms with Gasteiger partial charge in [-0.05, 0) is 58.7 Å². The summed E-state index contributed by atoms with van der Waals surface area (Å²) in [6.45, 7) is 11.6. The first kappa shape index (κ1) is 18.6. The van der Waals surface area contributed by atoms with E-state index >= 15 is 0 Å². The summed E-state index contributed by atoms with van der Waals surface area (Å²) in [4.78, 5) is 28.9.